The molecule has 2 fully saturated rings. The van der Waals surface area contributed by atoms with Crippen LogP contribution in [0.25, 0.3) is 0 Å². The molecule has 2 aliphatic rings. The quantitative estimate of drug-likeness (QED) is 0.904. The lowest BCUT2D eigenvalue weighted by Crippen LogP contribution is -2.57. The number of hydrogen-bond acceptors (Lipinski definition) is 3. The van der Waals surface area contributed by atoms with Crippen LogP contribution in [0.5, 0.6) is 0 Å². The molecule has 0 saturated carbocycles. The standard InChI is InChI=1S/C19H26FNO3/c1-18(2,14-6-3-4-7-15(14)20)17(23)21-11-9-19(10-12-21)16(22)8-5-13-24-19/h3-4,6-7,16,22H,5,8-13H2,1-2H3/t16-/m1/s1. The molecule has 1 aromatic rings. The summed E-state index contributed by atoms with van der Waals surface area (Å²) in [5, 5.41) is 10.3. The Morgan fingerprint density at radius 1 is 1.33 bits per heavy atom. The number of amides is 1. The van der Waals surface area contributed by atoms with E-state index in [1.807, 2.05) is 0 Å². The molecule has 1 atom stereocenters. The van der Waals surface area contributed by atoms with Gasteiger partial charge >= 0.3 is 0 Å². The van der Waals surface area contributed by atoms with Gasteiger partial charge in [-0.05, 0) is 45.6 Å². The number of aliphatic hydroxyl groups is 1. The molecule has 2 heterocycles. The van der Waals surface area contributed by atoms with Gasteiger partial charge in [0.1, 0.15) is 5.82 Å². The van der Waals surface area contributed by atoms with Crippen LogP contribution < -0.4 is 0 Å². The Kier molecular flexibility index (Phi) is 4.67. The number of piperidine rings is 1. The lowest BCUT2D eigenvalue weighted by atomic mass is 9.79. The zero-order chi connectivity index (χ0) is 17.4. The second-order valence-corrected chi connectivity index (χ2v) is 7.47. The van der Waals surface area contributed by atoms with E-state index in [4.69, 9.17) is 4.74 Å². The van der Waals surface area contributed by atoms with Gasteiger partial charge in [0.25, 0.3) is 0 Å². The van der Waals surface area contributed by atoms with Crippen LogP contribution in [0.4, 0.5) is 4.39 Å². The second-order valence-electron chi connectivity index (χ2n) is 7.47. The highest BCUT2D eigenvalue weighted by Crippen LogP contribution is 2.37. The summed E-state index contributed by atoms with van der Waals surface area (Å²) in [6, 6.07) is 6.45. The number of halogens is 1. The molecule has 3 rings (SSSR count). The zero-order valence-electron chi connectivity index (χ0n) is 14.4. The highest BCUT2D eigenvalue weighted by Gasteiger charge is 2.46. The Morgan fingerprint density at radius 3 is 2.62 bits per heavy atom. The maximum Gasteiger partial charge on any atom is 0.232 e. The maximum atomic E-state index is 14.1. The van der Waals surface area contributed by atoms with Gasteiger partial charge in [-0.1, -0.05) is 18.2 Å². The number of benzene rings is 1. The van der Waals surface area contributed by atoms with E-state index in [2.05, 4.69) is 0 Å². The van der Waals surface area contributed by atoms with Gasteiger partial charge in [0.05, 0.1) is 17.1 Å². The molecular weight excluding hydrogens is 309 g/mol. The van der Waals surface area contributed by atoms with Crippen molar-refractivity contribution in [2.45, 2.75) is 56.7 Å². The fourth-order valence-electron chi connectivity index (χ4n) is 3.96. The Labute approximate surface area is 142 Å². The Balaban J connectivity index is 1.72. The van der Waals surface area contributed by atoms with E-state index < -0.39 is 17.1 Å². The van der Waals surface area contributed by atoms with Gasteiger partial charge in [-0.2, -0.15) is 0 Å². The number of hydrogen-bond donors (Lipinski definition) is 1. The Bertz CT molecular complexity index is 608. The summed E-state index contributed by atoms with van der Waals surface area (Å²) in [5.74, 6) is -0.428. The van der Waals surface area contributed by atoms with E-state index >= 15 is 0 Å². The van der Waals surface area contributed by atoms with Gasteiger partial charge in [-0.15, -0.1) is 0 Å². The lowest BCUT2D eigenvalue weighted by molar-refractivity contribution is -0.180. The summed E-state index contributed by atoms with van der Waals surface area (Å²) >= 11 is 0. The molecule has 0 radical (unpaired) electrons. The number of aliphatic hydroxyl groups excluding tert-OH is 1. The van der Waals surface area contributed by atoms with Crippen molar-refractivity contribution in [1.29, 1.82) is 0 Å². The normalized spacial score (nSPS) is 24.2. The molecular formula is C19H26FNO3. The first-order valence-electron chi connectivity index (χ1n) is 8.73. The molecule has 2 aliphatic heterocycles. The maximum absolute atomic E-state index is 14.1. The van der Waals surface area contributed by atoms with Crippen LogP contribution in [0.1, 0.15) is 45.1 Å². The zero-order valence-corrected chi connectivity index (χ0v) is 14.4. The lowest BCUT2D eigenvalue weighted by Gasteiger charge is -2.47. The number of carbonyl (C=O) groups excluding carboxylic acids is 1. The van der Waals surface area contributed by atoms with E-state index in [1.54, 1.807) is 36.9 Å². The van der Waals surface area contributed by atoms with Crippen molar-refractivity contribution in [3.8, 4) is 0 Å². The van der Waals surface area contributed by atoms with Crippen LogP contribution >= 0.6 is 0 Å². The van der Waals surface area contributed by atoms with E-state index in [-0.39, 0.29) is 11.7 Å². The molecule has 2 saturated heterocycles. The molecule has 132 valence electrons. The minimum atomic E-state index is -0.915. The van der Waals surface area contributed by atoms with Gasteiger partial charge in [-0.25, -0.2) is 4.39 Å². The average molecular weight is 335 g/mol. The van der Waals surface area contributed by atoms with Crippen LogP contribution in [-0.4, -0.2) is 47.3 Å². The van der Waals surface area contributed by atoms with Crippen LogP contribution in [0.15, 0.2) is 24.3 Å². The molecule has 24 heavy (non-hydrogen) atoms. The third kappa shape index (κ3) is 2.95. The largest absolute Gasteiger partial charge is 0.390 e. The second kappa shape index (κ2) is 6.45. The molecule has 5 heteroatoms. The van der Waals surface area contributed by atoms with Crippen LogP contribution in [-0.2, 0) is 14.9 Å². The first-order valence-corrected chi connectivity index (χ1v) is 8.73. The van der Waals surface area contributed by atoms with E-state index in [0.29, 0.717) is 38.1 Å². The van der Waals surface area contributed by atoms with E-state index in [9.17, 15) is 14.3 Å². The van der Waals surface area contributed by atoms with E-state index in [0.717, 1.165) is 12.8 Å². The smallest absolute Gasteiger partial charge is 0.232 e. The number of nitrogens with zero attached hydrogens (tertiary/aromatic N) is 1. The first-order chi connectivity index (χ1) is 11.4. The van der Waals surface area contributed by atoms with Gasteiger partial charge < -0.3 is 14.7 Å². The van der Waals surface area contributed by atoms with Crippen LogP contribution in [0.3, 0.4) is 0 Å². The van der Waals surface area contributed by atoms with Crippen molar-refractivity contribution in [1.82, 2.24) is 4.90 Å². The molecule has 0 aliphatic carbocycles. The van der Waals surface area contributed by atoms with Crippen molar-refractivity contribution >= 4 is 5.91 Å². The van der Waals surface area contributed by atoms with Crippen molar-refractivity contribution in [2.24, 2.45) is 0 Å². The minimum absolute atomic E-state index is 0.0762. The minimum Gasteiger partial charge on any atom is -0.390 e. The number of rotatable bonds is 2. The van der Waals surface area contributed by atoms with Crippen molar-refractivity contribution in [2.75, 3.05) is 19.7 Å². The molecule has 1 aromatic carbocycles. The van der Waals surface area contributed by atoms with E-state index in [1.165, 1.54) is 6.07 Å². The summed E-state index contributed by atoms with van der Waals surface area (Å²) < 4.78 is 20.0. The number of ether oxygens (including phenoxy) is 1. The molecule has 0 unspecified atom stereocenters. The predicted octanol–water partition coefficient (Wildman–Crippen LogP) is 2.64. The monoisotopic (exact) mass is 335 g/mol. The molecule has 0 aromatic heterocycles. The summed E-state index contributed by atoms with van der Waals surface area (Å²) in [6.45, 7) is 5.28. The molecule has 1 spiro atoms. The van der Waals surface area contributed by atoms with Crippen molar-refractivity contribution in [3.05, 3.63) is 35.6 Å². The van der Waals surface area contributed by atoms with Crippen molar-refractivity contribution < 1.29 is 19.0 Å². The molecule has 1 amide bonds. The van der Waals surface area contributed by atoms with Crippen LogP contribution in [0.2, 0.25) is 0 Å². The summed E-state index contributed by atoms with van der Waals surface area (Å²) in [4.78, 5) is 14.8. The Hall–Kier alpha value is -1.46. The van der Waals surface area contributed by atoms with Gasteiger partial charge in [0.15, 0.2) is 0 Å². The summed E-state index contributed by atoms with van der Waals surface area (Å²) in [7, 11) is 0. The van der Waals surface area contributed by atoms with Gasteiger partial charge in [0.2, 0.25) is 5.91 Å². The third-order valence-electron chi connectivity index (χ3n) is 5.60. The number of carbonyl (C=O) groups is 1. The first kappa shape index (κ1) is 17.4. The Morgan fingerprint density at radius 2 is 2.00 bits per heavy atom. The summed E-state index contributed by atoms with van der Waals surface area (Å²) in [5.41, 5.74) is -0.997. The fraction of sp³-hybridized carbons (Fsp3) is 0.632. The van der Waals surface area contributed by atoms with Gasteiger partial charge in [-0.3, -0.25) is 4.79 Å². The SMILES string of the molecule is CC(C)(C(=O)N1CCC2(CC1)OCCC[C@H]2O)c1ccccc1F. The summed E-state index contributed by atoms with van der Waals surface area (Å²) in [6.07, 6.45) is 2.45. The highest BCUT2D eigenvalue weighted by atomic mass is 19.1. The molecule has 1 N–H and O–H groups in total. The average Bonchev–Trinajstić information content (AvgIpc) is 2.58. The van der Waals surface area contributed by atoms with Gasteiger partial charge in [0, 0.05) is 25.3 Å². The predicted molar refractivity (Wildman–Crippen MR) is 89.2 cm³/mol. The third-order valence-corrected chi connectivity index (χ3v) is 5.60. The van der Waals surface area contributed by atoms with Crippen LogP contribution in [0, 0.1) is 5.82 Å². The highest BCUT2D eigenvalue weighted by molar-refractivity contribution is 5.87. The topological polar surface area (TPSA) is 49.8 Å². The fourth-order valence-corrected chi connectivity index (χ4v) is 3.96. The van der Waals surface area contributed by atoms with Crippen molar-refractivity contribution in [3.63, 3.8) is 0 Å². The molecule has 0 bridgehead atoms. The number of likely N-dealkylation sites (tertiary alicyclic amines) is 1. The molecule has 4 nitrogen and oxygen atoms in total.